The third-order valence-electron chi connectivity index (χ3n) is 25.5. The van der Waals surface area contributed by atoms with E-state index < -0.39 is 110 Å². The normalized spacial score (nSPS) is 18.9. The van der Waals surface area contributed by atoms with Crippen molar-refractivity contribution < 1.29 is 81.6 Å². The maximum Gasteiger partial charge on any atom is 0.306 e. The lowest BCUT2D eigenvalue weighted by Gasteiger charge is -2.45. The van der Waals surface area contributed by atoms with Crippen LogP contribution in [0.5, 0.6) is 0 Å². The smallest absolute Gasteiger partial charge is 0.306 e. The summed E-state index contributed by atoms with van der Waals surface area (Å²) < 4.78 is 59.4. The molecule has 0 aromatic rings. The first kappa shape index (κ1) is 127. The Hall–Kier alpha value is -6.50. The zero-order chi connectivity index (χ0) is 99.0. The van der Waals surface area contributed by atoms with Gasteiger partial charge in [-0.1, -0.05) is 380 Å². The van der Waals surface area contributed by atoms with Crippen molar-refractivity contribution in [3.8, 4) is 0 Å². The molecule has 0 aliphatic carbocycles. The summed E-state index contributed by atoms with van der Waals surface area (Å²) in [7, 11) is 0. The number of hydrogen-bond acceptors (Lipinski definition) is 17. The predicted molar refractivity (Wildman–Crippen MR) is 568 cm³/mol. The summed E-state index contributed by atoms with van der Waals surface area (Å²) in [4.78, 5) is 88.0. The van der Waals surface area contributed by atoms with Gasteiger partial charge in [-0.2, -0.15) is 0 Å². The summed E-state index contributed by atoms with van der Waals surface area (Å²) in [6.07, 6.45) is 104. The van der Waals surface area contributed by atoms with Crippen molar-refractivity contribution in [2.24, 2.45) is 0 Å². The molecule has 137 heavy (non-hydrogen) atoms. The fraction of sp³-hybridized carbons (Fsp3) is 0.750. The minimum Gasteiger partial charge on any atom is -0.463 e. The second-order valence-electron chi connectivity index (χ2n) is 38.3. The molecular weight excluding hydrogens is 1710 g/mol. The van der Waals surface area contributed by atoms with Crippen LogP contribution in [0.2, 0.25) is 0 Å². The number of aliphatic hydroxyl groups excluding tert-OH is 2. The van der Waals surface area contributed by atoms with Crippen molar-refractivity contribution in [3.05, 3.63) is 146 Å². The lowest BCUT2D eigenvalue weighted by molar-refractivity contribution is -0.384. The van der Waals surface area contributed by atoms with E-state index in [1.54, 1.807) is 0 Å². The van der Waals surface area contributed by atoms with E-state index in [9.17, 15) is 34.2 Å². The summed E-state index contributed by atoms with van der Waals surface area (Å²) in [5.41, 5.74) is 0. The standard InChI is InChI=1S/C120H202O17/c1-7-13-19-25-31-37-43-49-55-61-67-73-79-85-91-97-108(122)129-104-107-115(132-110(124)99-93-87-81-75-69-63-57-51-45-39-33-27-21-15-9-3)118(135-113(127)102-96-90-84-78-72-66-60-54-48-42-36-30-24-18-12-6)120(136-107,105-130-109(123)98-92-86-80-74-68-62-56-50-44-38-32-26-20-14-8-2)137-119-117(134-112(126)101-95-89-83-77-71-65-59-53-47-41-35-29-23-17-11-5)116(114(128)106(103-121)131-119)133-111(125)100-94-88-82-76-70-64-58-52-46-40-34-28-22-16-10-4/h31-42,49-60,106-107,114-119,121,128H,7-30,43-48,61-105H2,1-6H3/t106-,107-,114-,115-,116+,117-,118+,119-,120+/m1/s1. The molecule has 0 bridgehead atoms. The molecule has 0 amide bonds. The Morgan fingerprint density at radius 2 is 0.482 bits per heavy atom. The van der Waals surface area contributed by atoms with E-state index in [1.807, 2.05) is 0 Å². The molecule has 2 heterocycles. The van der Waals surface area contributed by atoms with Crippen LogP contribution in [0.1, 0.15) is 504 Å². The number of carbonyl (C=O) groups is 6. The first-order valence-electron chi connectivity index (χ1n) is 56.5. The average molecular weight is 1920 g/mol. The molecule has 2 saturated heterocycles. The number of ether oxygens (including phenoxy) is 9. The topological polar surface area (TPSA) is 226 Å². The highest BCUT2D eigenvalue weighted by atomic mass is 16.8. The zero-order valence-corrected chi connectivity index (χ0v) is 88.0. The maximum absolute atomic E-state index is 15.1. The fourth-order valence-corrected chi connectivity index (χ4v) is 16.9. The van der Waals surface area contributed by atoms with E-state index in [1.165, 1.54) is 116 Å². The number of rotatable bonds is 95. The molecule has 2 N–H and O–H groups in total. The molecule has 0 spiro atoms. The first-order valence-corrected chi connectivity index (χ1v) is 56.5. The van der Waals surface area contributed by atoms with Crippen LogP contribution in [0.3, 0.4) is 0 Å². The summed E-state index contributed by atoms with van der Waals surface area (Å²) in [6.45, 7) is 11.1. The number of unbranched alkanes of at least 4 members (excludes halogenated alkanes) is 48. The molecule has 0 aromatic carbocycles. The number of hydrogen-bond donors (Lipinski definition) is 2. The van der Waals surface area contributed by atoms with Crippen molar-refractivity contribution in [1.29, 1.82) is 0 Å². The lowest BCUT2D eigenvalue weighted by Crippen LogP contribution is -2.65. The number of esters is 6. The summed E-state index contributed by atoms with van der Waals surface area (Å²) in [5, 5.41) is 23.7. The molecule has 0 aromatic heterocycles. The second kappa shape index (κ2) is 95.7. The third kappa shape index (κ3) is 74.1. The van der Waals surface area contributed by atoms with Crippen molar-refractivity contribution >= 4 is 35.8 Å². The Bertz CT molecular complexity index is 3240. The van der Waals surface area contributed by atoms with Gasteiger partial charge in [0.15, 0.2) is 24.4 Å². The molecule has 17 heteroatoms. The summed E-state index contributed by atoms with van der Waals surface area (Å²) in [5.74, 6) is -6.51. The van der Waals surface area contributed by atoms with Gasteiger partial charge >= 0.3 is 35.8 Å². The van der Waals surface area contributed by atoms with Gasteiger partial charge in [-0.3, -0.25) is 28.8 Å². The zero-order valence-electron chi connectivity index (χ0n) is 88.0. The van der Waals surface area contributed by atoms with Gasteiger partial charge in [0, 0.05) is 38.5 Å². The van der Waals surface area contributed by atoms with Gasteiger partial charge in [0.25, 0.3) is 0 Å². The van der Waals surface area contributed by atoms with Crippen LogP contribution in [0.25, 0.3) is 0 Å². The van der Waals surface area contributed by atoms with Gasteiger partial charge < -0.3 is 52.8 Å². The van der Waals surface area contributed by atoms with Crippen LogP contribution in [0, 0.1) is 0 Å². The van der Waals surface area contributed by atoms with E-state index >= 15 is 4.79 Å². The van der Waals surface area contributed by atoms with Gasteiger partial charge in [0.2, 0.25) is 12.1 Å². The van der Waals surface area contributed by atoms with Gasteiger partial charge in [-0.25, -0.2) is 0 Å². The van der Waals surface area contributed by atoms with E-state index in [-0.39, 0.29) is 38.5 Å². The van der Waals surface area contributed by atoms with Crippen molar-refractivity contribution in [2.75, 3.05) is 19.8 Å². The van der Waals surface area contributed by atoms with Gasteiger partial charge in [-0.05, 0) is 231 Å². The van der Waals surface area contributed by atoms with Gasteiger partial charge in [-0.15, -0.1) is 0 Å². The molecule has 2 fully saturated rings. The monoisotopic (exact) mass is 1920 g/mol. The number of aliphatic hydroxyl groups is 2. The molecule has 784 valence electrons. The quantitative estimate of drug-likeness (QED) is 0.0250. The van der Waals surface area contributed by atoms with Crippen molar-refractivity contribution in [2.45, 2.75) is 559 Å². The average Bonchev–Trinajstić information content (AvgIpc) is 1.62. The SMILES string of the molecule is CCCCCC=CCC=CCCCCCCCC(=O)OC[C@H]1O[C@@](COC(=O)CCCCCCCC=CCC=CCCCCC)(O[C@H]2O[C@H](CO)[C@@H](O)[C@H](OC(=O)CCCCCCCC=CCC=CCCCCC)[C@H]2OC(=O)CCCCCCCC=CCC=CCCCCC)[C@@H](OC(=O)CCCCCCCC=CCC=CCCCCC)[C@@H]1OC(=O)CCCCCCCC=CCC=CCCCCC. The Labute approximate surface area is 836 Å². The van der Waals surface area contributed by atoms with Gasteiger partial charge in [0.05, 0.1) is 6.61 Å². The lowest BCUT2D eigenvalue weighted by atomic mass is 9.97. The van der Waals surface area contributed by atoms with Crippen LogP contribution in [-0.4, -0.2) is 121 Å². The Morgan fingerprint density at radius 3 is 0.752 bits per heavy atom. The van der Waals surface area contributed by atoms with Crippen LogP contribution in [0.15, 0.2) is 146 Å². The Kier molecular flexibility index (Phi) is 88.4. The highest BCUT2D eigenvalue weighted by Gasteiger charge is 2.65. The minimum absolute atomic E-state index is 0.0150. The maximum atomic E-state index is 15.1. The van der Waals surface area contributed by atoms with Crippen LogP contribution in [0.4, 0.5) is 0 Å². The van der Waals surface area contributed by atoms with Gasteiger partial charge in [0.1, 0.15) is 31.5 Å². The van der Waals surface area contributed by atoms with E-state index in [2.05, 4.69) is 187 Å². The third-order valence-corrected chi connectivity index (χ3v) is 25.5. The van der Waals surface area contributed by atoms with Crippen LogP contribution >= 0.6 is 0 Å². The molecular formula is C120H202O17. The number of carbonyl (C=O) groups excluding carboxylic acids is 6. The molecule has 2 aliphatic heterocycles. The highest BCUT2D eigenvalue weighted by molar-refractivity contribution is 5.72. The minimum atomic E-state index is -2.55. The molecule has 0 radical (unpaired) electrons. The fourth-order valence-electron chi connectivity index (χ4n) is 16.9. The Morgan fingerprint density at radius 1 is 0.255 bits per heavy atom. The van der Waals surface area contributed by atoms with E-state index in [0.29, 0.717) is 51.4 Å². The van der Waals surface area contributed by atoms with Crippen molar-refractivity contribution in [1.82, 2.24) is 0 Å². The Balaban J connectivity index is 2.84. The molecule has 0 saturated carbocycles. The molecule has 9 atom stereocenters. The van der Waals surface area contributed by atoms with Crippen LogP contribution < -0.4 is 0 Å². The summed E-state index contributed by atoms with van der Waals surface area (Å²) in [6, 6.07) is 0. The highest BCUT2D eigenvalue weighted by Crippen LogP contribution is 2.42. The summed E-state index contributed by atoms with van der Waals surface area (Å²) >= 11 is 0. The van der Waals surface area contributed by atoms with Crippen molar-refractivity contribution in [3.63, 3.8) is 0 Å². The second-order valence-corrected chi connectivity index (χ2v) is 38.3. The predicted octanol–water partition coefficient (Wildman–Crippen LogP) is 32.8. The molecule has 2 rings (SSSR count). The largest absolute Gasteiger partial charge is 0.463 e. The molecule has 17 nitrogen and oxygen atoms in total. The number of allylic oxidation sites excluding steroid dienone is 24. The molecule has 0 unspecified atom stereocenters. The van der Waals surface area contributed by atoms with E-state index in [4.69, 9.17) is 42.6 Å². The first-order chi connectivity index (χ1) is 67.3. The molecule has 2 aliphatic rings. The van der Waals surface area contributed by atoms with Crippen LogP contribution in [-0.2, 0) is 71.4 Å². The van der Waals surface area contributed by atoms with E-state index in [0.717, 1.165) is 257 Å².